The van der Waals surface area contributed by atoms with Crippen molar-refractivity contribution in [2.45, 2.75) is 5.51 Å². The minimum atomic E-state index is -6.09. The van der Waals surface area contributed by atoms with Gasteiger partial charge in [0.1, 0.15) is 0 Å². The summed E-state index contributed by atoms with van der Waals surface area (Å²) in [4.78, 5) is 1.27. The molecule has 0 aliphatic rings. The Hall–Kier alpha value is -2.93. The van der Waals surface area contributed by atoms with Gasteiger partial charge in [0, 0.05) is 21.2 Å². The Balaban J connectivity index is 0.000000258. The number of benzene rings is 3. The van der Waals surface area contributed by atoms with Crippen LogP contribution < -0.4 is 0 Å². The van der Waals surface area contributed by atoms with E-state index in [-0.39, 0.29) is 10.5 Å². The van der Waals surface area contributed by atoms with Crippen LogP contribution in [0.1, 0.15) is 5.56 Å². The highest BCUT2D eigenvalue weighted by atomic mass is 32.2. The van der Waals surface area contributed by atoms with Crippen LogP contribution in [0, 0.1) is 11.3 Å². The van der Waals surface area contributed by atoms with Gasteiger partial charge in [-0.2, -0.15) is 18.4 Å². The Kier molecular flexibility index (Phi) is 5.61. The van der Waals surface area contributed by atoms with Gasteiger partial charge in [-0.1, -0.05) is 24.3 Å². The Bertz CT molecular complexity index is 1270. The fourth-order valence-electron chi connectivity index (χ4n) is 2.77. The van der Waals surface area contributed by atoms with Crippen molar-refractivity contribution in [1.82, 2.24) is 0 Å². The van der Waals surface area contributed by atoms with Crippen LogP contribution in [0.3, 0.4) is 0 Å². The number of hydrogen-bond donors (Lipinski definition) is 0. The lowest BCUT2D eigenvalue weighted by molar-refractivity contribution is -0.0517. The van der Waals surface area contributed by atoms with Crippen molar-refractivity contribution in [2.75, 3.05) is 0 Å². The number of rotatable bonds is 1. The van der Waals surface area contributed by atoms with Crippen molar-refractivity contribution in [1.29, 1.82) is 5.26 Å². The maximum Gasteiger partial charge on any atom is 0.485 e. The van der Waals surface area contributed by atoms with Gasteiger partial charge in [-0.05, 0) is 48.5 Å². The first-order valence-electron chi connectivity index (χ1n) is 8.08. The molecule has 0 amide bonds. The van der Waals surface area contributed by atoms with Crippen molar-refractivity contribution in [3.63, 3.8) is 0 Å². The van der Waals surface area contributed by atoms with Crippen LogP contribution in [0.15, 0.2) is 72.8 Å². The minimum Gasteiger partial charge on any atom is -0.741 e. The fourth-order valence-corrected chi connectivity index (χ4v) is 5.15. The van der Waals surface area contributed by atoms with E-state index in [4.69, 9.17) is 18.2 Å². The number of hydrogen-bond acceptors (Lipinski definition) is 4. The Morgan fingerprint density at radius 3 is 1.62 bits per heavy atom. The van der Waals surface area contributed by atoms with Crippen LogP contribution in [0.4, 0.5) is 13.2 Å². The van der Waals surface area contributed by atoms with Gasteiger partial charge < -0.3 is 4.55 Å². The second kappa shape index (κ2) is 7.83. The predicted octanol–water partition coefficient (Wildman–Crippen LogP) is 5.65. The third-order valence-corrected chi connectivity index (χ3v) is 6.91. The first kappa shape index (κ1) is 20.8. The molecule has 0 saturated carbocycles. The lowest BCUT2D eigenvalue weighted by Crippen LogP contribution is -2.21. The summed E-state index contributed by atoms with van der Waals surface area (Å²) in [5.74, 6) is 0. The van der Waals surface area contributed by atoms with Gasteiger partial charge in [0.2, 0.25) is 0 Å². The second-order valence-electron chi connectivity index (χ2n) is 5.83. The SMILES string of the molecule is N#Cc1ccc(-[s+]2c3ccccc3c3ccccc32)cc1.O=S(=O)([O-])C(F)(F)F. The molecule has 4 aromatic rings. The van der Waals surface area contributed by atoms with Crippen molar-refractivity contribution in [3.8, 4) is 11.0 Å². The molecular weight excluding hydrogens is 423 g/mol. The van der Waals surface area contributed by atoms with E-state index in [0.29, 0.717) is 5.56 Å². The fraction of sp³-hybridized carbons (Fsp3) is 0.0500. The van der Waals surface area contributed by atoms with E-state index in [1.165, 1.54) is 25.1 Å². The highest BCUT2D eigenvalue weighted by Crippen LogP contribution is 2.47. The smallest absolute Gasteiger partial charge is 0.485 e. The molecule has 4 nitrogen and oxygen atoms in total. The summed E-state index contributed by atoms with van der Waals surface area (Å²) >= 11 is 0. The second-order valence-corrected chi connectivity index (χ2v) is 9.17. The van der Waals surface area contributed by atoms with Gasteiger partial charge in [-0.3, -0.25) is 0 Å². The standard InChI is InChI=1S/C19H12NS.CHF3O3S/c20-13-14-9-11-15(12-10-14)21-18-7-3-1-5-16(18)17-6-2-4-8-19(17)21;2-1(3,4)8(5,6)7/h1-12H;(H,5,6,7)/q+1;/p-1. The molecule has 3 aromatic carbocycles. The monoisotopic (exact) mass is 435 g/mol. The first-order valence-corrected chi connectivity index (χ1v) is 10.7. The van der Waals surface area contributed by atoms with Crippen molar-refractivity contribution < 1.29 is 26.1 Å². The van der Waals surface area contributed by atoms with Crippen molar-refractivity contribution in [2.24, 2.45) is 0 Å². The van der Waals surface area contributed by atoms with E-state index in [0.717, 1.165) is 0 Å². The van der Waals surface area contributed by atoms with Crippen LogP contribution in [0.5, 0.6) is 0 Å². The lowest BCUT2D eigenvalue weighted by atomic mass is 10.2. The molecule has 0 N–H and O–H groups in total. The average molecular weight is 435 g/mol. The van der Waals surface area contributed by atoms with E-state index in [2.05, 4.69) is 66.7 Å². The summed E-state index contributed by atoms with van der Waals surface area (Å²) in [6, 6.07) is 27.4. The normalized spacial score (nSPS) is 11.7. The zero-order valence-corrected chi connectivity index (χ0v) is 16.2. The molecular formula is C20H12F3NO3S2. The number of halogens is 3. The van der Waals surface area contributed by atoms with E-state index < -0.39 is 15.6 Å². The van der Waals surface area contributed by atoms with Crippen molar-refractivity contribution >= 4 is 40.8 Å². The number of fused-ring (bicyclic) bond motifs is 3. The van der Waals surface area contributed by atoms with E-state index >= 15 is 0 Å². The molecule has 29 heavy (non-hydrogen) atoms. The molecule has 0 saturated heterocycles. The summed E-state index contributed by atoms with van der Waals surface area (Å²) in [5, 5.41) is 11.6. The summed E-state index contributed by atoms with van der Waals surface area (Å²) < 4.78 is 61.7. The number of nitrogens with zero attached hydrogens (tertiary/aromatic N) is 1. The average Bonchev–Trinajstić information content (AvgIpc) is 3.02. The minimum absolute atomic E-state index is 0.0602. The molecule has 9 heteroatoms. The van der Waals surface area contributed by atoms with Gasteiger partial charge in [0.25, 0.3) is 0 Å². The molecule has 0 fully saturated rings. The van der Waals surface area contributed by atoms with Crippen LogP contribution in [0.2, 0.25) is 0 Å². The number of nitriles is 1. The van der Waals surface area contributed by atoms with Gasteiger partial charge in [0.15, 0.2) is 24.4 Å². The van der Waals surface area contributed by atoms with Gasteiger partial charge in [0.05, 0.1) is 11.6 Å². The van der Waals surface area contributed by atoms with Gasteiger partial charge >= 0.3 is 5.51 Å². The Labute approximate surface area is 167 Å². The van der Waals surface area contributed by atoms with E-state index in [1.807, 2.05) is 12.1 Å². The maximum atomic E-state index is 10.7. The summed E-state index contributed by atoms with van der Waals surface area (Å²) in [6.07, 6.45) is 0. The molecule has 148 valence electrons. The molecule has 0 spiro atoms. The highest BCUT2D eigenvalue weighted by Gasteiger charge is 2.36. The van der Waals surface area contributed by atoms with Crippen LogP contribution in [-0.4, -0.2) is 18.5 Å². The molecule has 4 rings (SSSR count). The van der Waals surface area contributed by atoms with Gasteiger partial charge in [-0.15, -0.1) is 0 Å². The van der Waals surface area contributed by atoms with Gasteiger partial charge in [-0.25, -0.2) is 8.42 Å². The third kappa shape index (κ3) is 4.24. The summed E-state index contributed by atoms with van der Waals surface area (Å²) in [7, 11) is -6.15. The van der Waals surface area contributed by atoms with E-state index in [1.54, 1.807) is 0 Å². The molecule has 1 heterocycles. The van der Waals surface area contributed by atoms with Crippen molar-refractivity contribution in [3.05, 3.63) is 78.4 Å². The molecule has 0 aliphatic carbocycles. The third-order valence-electron chi connectivity index (χ3n) is 4.01. The number of alkyl halides is 3. The van der Waals surface area contributed by atoms with E-state index in [9.17, 15) is 13.2 Å². The lowest BCUT2D eigenvalue weighted by Gasteiger charge is -2.08. The highest BCUT2D eigenvalue weighted by molar-refractivity contribution is 7.86. The maximum absolute atomic E-state index is 10.7. The molecule has 0 unspecified atom stereocenters. The summed E-state index contributed by atoms with van der Waals surface area (Å²) in [5.41, 5.74) is -4.93. The summed E-state index contributed by atoms with van der Waals surface area (Å²) in [6.45, 7) is 0. The topological polar surface area (TPSA) is 81.0 Å². The quantitative estimate of drug-likeness (QED) is 0.220. The number of thiophene rings is 1. The Morgan fingerprint density at radius 1 is 0.828 bits per heavy atom. The molecule has 1 aromatic heterocycles. The first-order chi connectivity index (χ1) is 13.6. The zero-order chi connectivity index (χ0) is 21.2. The van der Waals surface area contributed by atoms with Crippen LogP contribution in [-0.2, 0) is 10.1 Å². The zero-order valence-electron chi connectivity index (χ0n) is 14.6. The largest absolute Gasteiger partial charge is 0.741 e. The molecule has 0 radical (unpaired) electrons. The Morgan fingerprint density at radius 2 is 1.24 bits per heavy atom. The van der Waals surface area contributed by atoms with Crippen LogP contribution >= 0.6 is 10.5 Å². The molecule has 0 aliphatic heterocycles. The molecule has 0 bridgehead atoms. The predicted molar refractivity (Wildman–Crippen MR) is 106 cm³/mol. The van der Waals surface area contributed by atoms with Crippen LogP contribution in [0.25, 0.3) is 25.1 Å². The molecule has 0 atom stereocenters.